The third-order valence-electron chi connectivity index (χ3n) is 1.22. The van der Waals surface area contributed by atoms with E-state index in [4.69, 9.17) is 5.26 Å². The highest BCUT2D eigenvalue weighted by Crippen LogP contribution is 2.14. The number of hydrogen-bond donors (Lipinski definition) is 0. The zero-order valence-electron chi connectivity index (χ0n) is 6.05. The van der Waals surface area contributed by atoms with Crippen molar-refractivity contribution in [2.45, 2.75) is 38.4 Å². The summed E-state index contributed by atoms with van der Waals surface area (Å²) in [7, 11) is 0. The molecule has 0 radical (unpaired) electrons. The molecular weight excluding hydrogens is 130 g/mol. The van der Waals surface area contributed by atoms with Crippen molar-refractivity contribution in [3.63, 3.8) is 0 Å². The van der Waals surface area contributed by atoms with E-state index in [-0.39, 0.29) is 0 Å². The van der Waals surface area contributed by atoms with E-state index in [0.717, 1.165) is 0 Å². The average molecular weight is 143 g/mol. The highest BCUT2D eigenvalue weighted by molar-refractivity contribution is 8.04. The molecule has 0 bridgehead atoms. The zero-order chi connectivity index (χ0) is 7.11. The van der Waals surface area contributed by atoms with Crippen molar-refractivity contribution in [2.75, 3.05) is 0 Å². The molecular formula is C7H13NS. The molecule has 0 aromatic carbocycles. The van der Waals surface area contributed by atoms with E-state index in [9.17, 15) is 0 Å². The lowest BCUT2D eigenvalue weighted by Gasteiger charge is -2.02. The first-order valence-corrected chi connectivity index (χ1v) is 4.24. The van der Waals surface area contributed by atoms with Crippen LogP contribution in [0.5, 0.6) is 0 Å². The molecule has 2 heteroatoms. The van der Waals surface area contributed by atoms with E-state index < -0.39 is 0 Å². The molecule has 0 fully saturated rings. The van der Waals surface area contributed by atoms with Gasteiger partial charge in [-0.2, -0.15) is 5.26 Å². The van der Waals surface area contributed by atoms with Gasteiger partial charge >= 0.3 is 0 Å². The summed E-state index contributed by atoms with van der Waals surface area (Å²) in [5, 5.41) is 10.9. The van der Waals surface area contributed by atoms with Gasteiger partial charge in [-0.1, -0.05) is 26.7 Å². The van der Waals surface area contributed by atoms with Gasteiger partial charge in [0.15, 0.2) is 0 Å². The predicted molar refractivity (Wildman–Crippen MR) is 42.2 cm³/mol. The van der Waals surface area contributed by atoms with E-state index in [0.29, 0.717) is 5.25 Å². The van der Waals surface area contributed by atoms with Crippen LogP contribution in [-0.4, -0.2) is 5.25 Å². The van der Waals surface area contributed by atoms with Crippen LogP contribution < -0.4 is 0 Å². The Morgan fingerprint density at radius 2 is 2.33 bits per heavy atom. The molecule has 0 aromatic rings. The van der Waals surface area contributed by atoms with Crippen LogP contribution in [0.3, 0.4) is 0 Å². The quantitative estimate of drug-likeness (QED) is 0.565. The summed E-state index contributed by atoms with van der Waals surface area (Å²) >= 11 is 1.38. The summed E-state index contributed by atoms with van der Waals surface area (Å²) in [6, 6.07) is 0. The Balaban J connectivity index is 3.08. The highest BCUT2D eigenvalue weighted by Gasteiger charge is 1.98. The standard InChI is InChI=1S/C7H13NS/c1-3-4-5-7(2)9-6-8/h7H,3-5H2,1-2H3. The Hall–Kier alpha value is -0.160. The van der Waals surface area contributed by atoms with Gasteiger partial charge in [-0.15, -0.1) is 0 Å². The summed E-state index contributed by atoms with van der Waals surface area (Å²) in [6.07, 6.45) is 3.65. The first-order valence-electron chi connectivity index (χ1n) is 3.36. The van der Waals surface area contributed by atoms with E-state index in [2.05, 4.69) is 19.2 Å². The second-order valence-electron chi connectivity index (χ2n) is 2.16. The maximum Gasteiger partial charge on any atom is 0.133 e. The fraction of sp³-hybridized carbons (Fsp3) is 0.857. The van der Waals surface area contributed by atoms with Crippen LogP contribution in [0.25, 0.3) is 0 Å². The van der Waals surface area contributed by atoms with Crippen molar-refractivity contribution in [1.29, 1.82) is 5.26 Å². The Labute approximate surface area is 61.4 Å². The van der Waals surface area contributed by atoms with E-state index >= 15 is 0 Å². The minimum atomic E-state index is 0.523. The SMILES string of the molecule is CCCCC(C)SC#N. The van der Waals surface area contributed by atoms with Gasteiger partial charge in [0.2, 0.25) is 0 Å². The van der Waals surface area contributed by atoms with E-state index in [1.54, 1.807) is 0 Å². The number of nitriles is 1. The minimum absolute atomic E-state index is 0.523. The highest BCUT2D eigenvalue weighted by atomic mass is 32.2. The van der Waals surface area contributed by atoms with E-state index in [1.807, 2.05) is 0 Å². The average Bonchev–Trinajstić information content (AvgIpc) is 1.85. The van der Waals surface area contributed by atoms with Crippen LogP contribution in [0.1, 0.15) is 33.1 Å². The normalized spacial score (nSPS) is 12.6. The first kappa shape index (κ1) is 8.84. The molecule has 0 saturated heterocycles. The number of thiocyanates is 1. The second kappa shape index (κ2) is 5.97. The Bertz CT molecular complexity index is 95.6. The number of nitrogens with zero attached hydrogens (tertiary/aromatic N) is 1. The topological polar surface area (TPSA) is 23.8 Å². The Morgan fingerprint density at radius 1 is 1.67 bits per heavy atom. The molecule has 0 aliphatic rings. The molecule has 9 heavy (non-hydrogen) atoms. The van der Waals surface area contributed by atoms with Gasteiger partial charge in [-0.25, -0.2) is 0 Å². The number of hydrogen-bond acceptors (Lipinski definition) is 2. The van der Waals surface area contributed by atoms with Crippen molar-refractivity contribution < 1.29 is 0 Å². The molecule has 0 aliphatic heterocycles. The summed E-state index contributed by atoms with van der Waals surface area (Å²) in [4.78, 5) is 0. The molecule has 0 spiro atoms. The molecule has 1 unspecified atom stereocenters. The molecule has 1 nitrogen and oxygen atoms in total. The molecule has 0 rings (SSSR count). The van der Waals surface area contributed by atoms with Crippen LogP contribution in [0.15, 0.2) is 0 Å². The fourth-order valence-corrected chi connectivity index (χ4v) is 1.10. The summed E-state index contributed by atoms with van der Waals surface area (Å²) in [5.74, 6) is 0. The van der Waals surface area contributed by atoms with Crippen molar-refractivity contribution in [1.82, 2.24) is 0 Å². The van der Waals surface area contributed by atoms with Crippen molar-refractivity contribution in [2.24, 2.45) is 0 Å². The number of rotatable bonds is 4. The lowest BCUT2D eigenvalue weighted by molar-refractivity contribution is 0.714. The molecule has 0 saturated carbocycles. The number of unbranched alkanes of at least 4 members (excludes halogenated alkanes) is 1. The predicted octanol–water partition coefficient (Wildman–Crippen LogP) is 2.78. The lowest BCUT2D eigenvalue weighted by atomic mass is 10.2. The summed E-state index contributed by atoms with van der Waals surface area (Å²) < 4.78 is 0. The minimum Gasteiger partial charge on any atom is -0.185 e. The molecule has 1 atom stereocenters. The van der Waals surface area contributed by atoms with Crippen LogP contribution >= 0.6 is 11.8 Å². The molecule has 0 heterocycles. The monoisotopic (exact) mass is 143 g/mol. The van der Waals surface area contributed by atoms with Gasteiger partial charge in [0, 0.05) is 5.25 Å². The van der Waals surface area contributed by atoms with Crippen molar-refractivity contribution in [3.05, 3.63) is 0 Å². The summed E-state index contributed by atoms with van der Waals surface area (Å²) in [6.45, 7) is 4.27. The van der Waals surface area contributed by atoms with Crippen LogP contribution in [0.4, 0.5) is 0 Å². The molecule has 0 aliphatic carbocycles. The maximum atomic E-state index is 8.25. The fourth-order valence-electron chi connectivity index (χ4n) is 0.640. The smallest absolute Gasteiger partial charge is 0.133 e. The molecule has 0 amide bonds. The second-order valence-corrected chi connectivity index (χ2v) is 3.38. The van der Waals surface area contributed by atoms with Gasteiger partial charge in [0.1, 0.15) is 5.40 Å². The maximum absolute atomic E-state index is 8.25. The third kappa shape index (κ3) is 5.72. The van der Waals surface area contributed by atoms with Crippen LogP contribution in [0.2, 0.25) is 0 Å². The number of thioether (sulfide) groups is 1. The molecule has 0 aromatic heterocycles. The van der Waals surface area contributed by atoms with Crippen molar-refractivity contribution in [3.8, 4) is 5.40 Å². The van der Waals surface area contributed by atoms with E-state index in [1.165, 1.54) is 31.0 Å². The van der Waals surface area contributed by atoms with Crippen LogP contribution in [-0.2, 0) is 0 Å². The van der Waals surface area contributed by atoms with Gasteiger partial charge in [0.25, 0.3) is 0 Å². The summed E-state index contributed by atoms with van der Waals surface area (Å²) in [5.41, 5.74) is 0. The third-order valence-corrected chi connectivity index (χ3v) is 1.96. The van der Waals surface area contributed by atoms with Gasteiger partial charge in [-0.3, -0.25) is 0 Å². The molecule has 52 valence electrons. The van der Waals surface area contributed by atoms with Gasteiger partial charge in [0.05, 0.1) is 0 Å². The lowest BCUT2D eigenvalue weighted by Crippen LogP contribution is -1.92. The first-order chi connectivity index (χ1) is 4.31. The molecule has 0 N–H and O–H groups in total. The Morgan fingerprint density at radius 3 is 2.78 bits per heavy atom. The zero-order valence-corrected chi connectivity index (χ0v) is 6.87. The van der Waals surface area contributed by atoms with Crippen molar-refractivity contribution >= 4 is 11.8 Å². The van der Waals surface area contributed by atoms with Crippen LogP contribution in [0, 0.1) is 10.7 Å². The van der Waals surface area contributed by atoms with Gasteiger partial charge in [-0.05, 0) is 18.2 Å². The largest absolute Gasteiger partial charge is 0.185 e. The Kier molecular flexibility index (Phi) is 5.86. The van der Waals surface area contributed by atoms with Gasteiger partial charge < -0.3 is 0 Å².